The van der Waals surface area contributed by atoms with Gasteiger partial charge in [0.05, 0.1) is 11.3 Å². The van der Waals surface area contributed by atoms with Crippen molar-refractivity contribution in [1.29, 1.82) is 0 Å². The number of benzene rings is 6. The first-order chi connectivity index (χ1) is 26.7. The molecule has 0 radical (unpaired) electrons. The van der Waals surface area contributed by atoms with Crippen LogP contribution in [0.3, 0.4) is 0 Å². The summed E-state index contributed by atoms with van der Waals surface area (Å²) in [5.74, 6) is 1.16. The summed E-state index contributed by atoms with van der Waals surface area (Å²) in [5.41, 5.74) is 16.2. The third kappa shape index (κ3) is 9.70. The summed E-state index contributed by atoms with van der Waals surface area (Å²) in [6.07, 6.45) is 1.74. The highest BCUT2D eigenvalue weighted by Crippen LogP contribution is 2.51. The lowest BCUT2D eigenvalue weighted by molar-refractivity contribution is -0.118. The molecule has 0 spiro atoms. The van der Waals surface area contributed by atoms with E-state index >= 15 is 0 Å². The van der Waals surface area contributed by atoms with Crippen molar-refractivity contribution >= 4 is 44.7 Å². The topological polar surface area (TPSA) is 129 Å². The van der Waals surface area contributed by atoms with E-state index in [1.54, 1.807) is 0 Å². The summed E-state index contributed by atoms with van der Waals surface area (Å²) in [4.78, 5) is 26.1. The number of anilines is 2. The van der Waals surface area contributed by atoms with Crippen LogP contribution in [0.15, 0.2) is 121 Å². The average Bonchev–Trinajstić information content (AvgIpc) is 4.04. The van der Waals surface area contributed by atoms with Gasteiger partial charge in [-0.25, -0.2) is 0 Å². The first kappa shape index (κ1) is 40.5. The van der Waals surface area contributed by atoms with E-state index in [2.05, 4.69) is 53.1 Å². The lowest BCUT2D eigenvalue weighted by Crippen LogP contribution is -2.28. The number of fused-ring (bicyclic) bond motifs is 2. The quantitative estimate of drug-likeness (QED) is 0.0991. The van der Waals surface area contributed by atoms with Crippen LogP contribution in [0.1, 0.15) is 61.8 Å². The third-order valence-corrected chi connectivity index (χ3v) is 9.87. The Kier molecular flexibility index (Phi) is 14.0. The molecular formula is C47H54N4O4. The van der Waals surface area contributed by atoms with Crippen molar-refractivity contribution in [2.45, 2.75) is 58.8 Å². The molecule has 286 valence electrons. The van der Waals surface area contributed by atoms with Gasteiger partial charge in [0.25, 0.3) is 0 Å². The second-order valence-electron chi connectivity index (χ2n) is 13.6. The summed E-state index contributed by atoms with van der Waals surface area (Å²) in [5, 5.41) is 10.8. The number of ether oxygens (including phenoxy) is 2. The molecule has 2 amide bonds. The molecule has 7 rings (SSSR count). The van der Waals surface area contributed by atoms with Gasteiger partial charge in [-0.05, 0) is 89.5 Å². The number of hydrogen-bond donors (Lipinski definition) is 4. The number of carbonyl (C=O) groups excluding carboxylic acids is 2. The van der Waals surface area contributed by atoms with E-state index < -0.39 is 5.41 Å². The average molecular weight is 739 g/mol. The monoisotopic (exact) mass is 738 g/mol. The fraction of sp³-hybridized carbons (Fsp3) is 0.277. The molecule has 1 aliphatic carbocycles. The van der Waals surface area contributed by atoms with Crippen LogP contribution >= 0.6 is 0 Å². The summed E-state index contributed by atoms with van der Waals surface area (Å²) in [6.45, 7) is 11.7. The minimum absolute atomic E-state index is 0.0413. The Hall–Kier alpha value is -5.70. The van der Waals surface area contributed by atoms with Gasteiger partial charge in [-0.3, -0.25) is 9.59 Å². The van der Waals surface area contributed by atoms with E-state index in [0.717, 1.165) is 68.4 Å². The van der Waals surface area contributed by atoms with E-state index in [1.807, 2.05) is 113 Å². The van der Waals surface area contributed by atoms with Gasteiger partial charge in [0.15, 0.2) is 0 Å². The molecule has 55 heavy (non-hydrogen) atoms. The Morgan fingerprint density at radius 1 is 0.655 bits per heavy atom. The Morgan fingerprint density at radius 3 is 1.71 bits per heavy atom. The molecule has 0 saturated heterocycles. The molecule has 0 aliphatic heterocycles. The van der Waals surface area contributed by atoms with Crippen molar-refractivity contribution < 1.29 is 19.1 Å². The molecule has 0 aromatic heterocycles. The molecular weight excluding hydrogens is 685 g/mol. The van der Waals surface area contributed by atoms with Gasteiger partial charge >= 0.3 is 0 Å². The third-order valence-electron chi connectivity index (χ3n) is 9.87. The standard InChI is InChI=1S/C23H24N2O2.C22H24N2O2.C2H6/c1-16-9-10-18(27-14-13-24)15-21(16)25-22(26)23(11-12-23)20-8-4-6-17-5-2-3-7-19(17)20;1-15-10-11-18(26-13-12-23)14-21(15)24-22(25)16(2)19-9-5-7-17-6-3-4-8-20(17)19;1-2/h2-10,15H,11-14,24H2,1H3,(H,25,26);3-11,14,16H,12-13,23H2,1-2H3,(H,24,25);1-2H3. The number of carbonyl (C=O) groups is 2. The Bertz CT molecular complexity index is 2220. The Labute approximate surface area is 325 Å². The lowest BCUT2D eigenvalue weighted by atomic mass is 9.90. The number of nitrogens with two attached hydrogens (primary N) is 2. The predicted molar refractivity (Wildman–Crippen MR) is 227 cm³/mol. The number of rotatable bonds is 12. The lowest BCUT2D eigenvalue weighted by Gasteiger charge is -2.19. The second-order valence-corrected chi connectivity index (χ2v) is 13.6. The van der Waals surface area contributed by atoms with Crippen LogP contribution in [-0.4, -0.2) is 38.1 Å². The van der Waals surface area contributed by atoms with Crippen LogP contribution < -0.4 is 31.6 Å². The van der Waals surface area contributed by atoms with Crippen LogP contribution in [-0.2, 0) is 15.0 Å². The minimum Gasteiger partial charge on any atom is -0.492 e. The molecule has 1 unspecified atom stereocenters. The molecule has 1 aliphatic rings. The largest absolute Gasteiger partial charge is 0.492 e. The van der Waals surface area contributed by atoms with Crippen LogP contribution in [0.4, 0.5) is 11.4 Å². The van der Waals surface area contributed by atoms with Crippen LogP contribution in [0.25, 0.3) is 21.5 Å². The maximum Gasteiger partial charge on any atom is 0.235 e. The summed E-state index contributed by atoms with van der Waals surface area (Å²) in [7, 11) is 0. The van der Waals surface area contributed by atoms with Gasteiger partial charge in [0, 0.05) is 36.6 Å². The van der Waals surface area contributed by atoms with Gasteiger partial charge in [-0.2, -0.15) is 0 Å². The maximum absolute atomic E-state index is 13.2. The van der Waals surface area contributed by atoms with Gasteiger partial charge in [0.1, 0.15) is 24.7 Å². The number of nitrogens with one attached hydrogen (secondary N) is 2. The predicted octanol–water partition coefficient (Wildman–Crippen LogP) is 9.41. The minimum atomic E-state index is -0.443. The SMILES string of the molecule is CC.Cc1ccc(OCCN)cc1NC(=O)C(C)c1cccc2ccccc12.Cc1ccc(OCCN)cc1NC(=O)C1(c2cccc3ccccc23)CC1. The van der Waals surface area contributed by atoms with Crippen molar-refractivity contribution in [1.82, 2.24) is 0 Å². The van der Waals surface area contributed by atoms with E-state index in [0.29, 0.717) is 32.1 Å². The zero-order valence-electron chi connectivity index (χ0n) is 32.7. The molecule has 0 bridgehead atoms. The molecule has 6 aromatic rings. The number of amides is 2. The molecule has 6 N–H and O–H groups in total. The molecule has 0 heterocycles. The maximum atomic E-state index is 13.2. The van der Waals surface area contributed by atoms with E-state index in [1.165, 1.54) is 5.39 Å². The fourth-order valence-electron chi connectivity index (χ4n) is 6.64. The second kappa shape index (κ2) is 19.1. The highest BCUT2D eigenvalue weighted by Gasteiger charge is 2.52. The molecule has 1 saturated carbocycles. The first-order valence-corrected chi connectivity index (χ1v) is 19.2. The summed E-state index contributed by atoms with van der Waals surface area (Å²) >= 11 is 0. The van der Waals surface area contributed by atoms with Crippen molar-refractivity contribution in [3.63, 3.8) is 0 Å². The summed E-state index contributed by atoms with van der Waals surface area (Å²) < 4.78 is 11.2. The van der Waals surface area contributed by atoms with E-state index in [9.17, 15) is 9.59 Å². The normalized spacial score (nSPS) is 13.0. The first-order valence-electron chi connectivity index (χ1n) is 19.2. The van der Waals surface area contributed by atoms with Gasteiger partial charge in [-0.15, -0.1) is 0 Å². The van der Waals surface area contributed by atoms with E-state index in [-0.39, 0.29) is 17.7 Å². The van der Waals surface area contributed by atoms with Crippen molar-refractivity contribution in [3.05, 3.63) is 144 Å². The molecule has 6 aromatic carbocycles. The van der Waals surface area contributed by atoms with Crippen molar-refractivity contribution in [3.8, 4) is 11.5 Å². The van der Waals surface area contributed by atoms with Crippen LogP contribution in [0.5, 0.6) is 11.5 Å². The van der Waals surface area contributed by atoms with Gasteiger partial charge in [-0.1, -0.05) is 111 Å². The highest BCUT2D eigenvalue weighted by atomic mass is 16.5. The Balaban J connectivity index is 0.000000202. The number of aryl methyl sites for hydroxylation is 2. The fourth-order valence-corrected chi connectivity index (χ4v) is 6.64. The van der Waals surface area contributed by atoms with Gasteiger partial charge in [0.2, 0.25) is 11.8 Å². The van der Waals surface area contributed by atoms with Crippen LogP contribution in [0.2, 0.25) is 0 Å². The zero-order valence-corrected chi connectivity index (χ0v) is 32.7. The molecule has 1 atom stereocenters. The van der Waals surface area contributed by atoms with Crippen LogP contribution in [0, 0.1) is 13.8 Å². The van der Waals surface area contributed by atoms with Crippen molar-refractivity contribution in [2.24, 2.45) is 11.5 Å². The molecule has 8 heteroatoms. The smallest absolute Gasteiger partial charge is 0.235 e. The van der Waals surface area contributed by atoms with Crippen molar-refractivity contribution in [2.75, 3.05) is 36.9 Å². The molecule has 1 fully saturated rings. The molecule has 8 nitrogen and oxygen atoms in total. The number of hydrogen-bond acceptors (Lipinski definition) is 6. The Morgan fingerprint density at radius 2 is 1.15 bits per heavy atom. The highest BCUT2D eigenvalue weighted by molar-refractivity contribution is 6.05. The summed E-state index contributed by atoms with van der Waals surface area (Å²) in [6, 6.07) is 40.1. The van der Waals surface area contributed by atoms with Gasteiger partial charge < -0.3 is 31.6 Å². The zero-order chi connectivity index (χ0) is 39.4. The van der Waals surface area contributed by atoms with E-state index in [4.69, 9.17) is 20.9 Å².